The normalized spacial score (nSPS) is 14.7. The van der Waals surface area contributed by atoms with Crippen molar-refractivity contribution in [3.8, 4) is 0 Å². The maximum Gasteiger partial charge on any atom is 0.222 e. The molecule has 0 aliphatic heterocycles. The van der Waals surface area contributed by atoms with Crippen molar-refractivity contribution < 1.29 is 9.00 Å². The van der Waals surface area contributed by atoms with E-state index in [1.165, 1.54) is 0 Å². The average Bonchev–Trinajstić information content (AvgIpc) is 2.10. The van der Waals surface area contributed by atoms with Gasteiger partial charge in [0.25, 0.3) is 0 Å². The van der Waals surface area contributed by atoms with Crippen LogP contribution in [0.4, 0.5) is 0 Å². The van der Waals surface area contributed by atoms with Gasteiger partial charge >= 0.3 is 0 Å². The molecular weight excluding hydrogens is 212 g/mol. The van der Waals surface area contributed by atoms with Crippen molar-refractivity contribution >= 4 is 16.7 Å². The van der Waals surface area contributed by atoms with Gasteiger partial charge in [0.1, 0.15) is 0 Å². The van der Waals surface area contributed by atoms with Gasteiger partial charge in [0, 0.05) is 49.4 Å². The Labute approximate surface area is 94.9 Å². The van der Waals surface area contributed by atoms with Gasteiger partial charge in [0.2, 0.25) is 5.91 Å². The predicted octanol–water partition coefficient (Wildman–Crippen LogP) is 0.211. The summed E-state index contributed by atoms with van der Waals surface area (Å²) in [7, 11) is 2.77. The van der Waals surface area contributed by atoms with Gasteiger partial charge in [-0.2, -0.15) is 0 Å². The van der Waals surface area contributed by atoms with E-state index < -0.39 is 10.8 Å². The highest BCUT2D eigenvalue weighted by Gasteiger charge is 2.05. The Bertz CT molecular complexity index is 219. The van der Waals surface area contributed by atoms with E-state index in [-0.39, 0.29) is 11.9 Å². The smallest absolute Gasteiger partial charge is 0.222 e. The molecule has 0 bridgehead atoms. The molecule has 0 aliphatic carbocycles. The Kier molecular flexibility index (Phi) is 7.60. The fraction of sp³-hybridized carbons (Fsp3) is 0.900. The number of hydrogen-bond acceptors (Lipinski definition) is 3. The summed E-state index contributed by atoms with van der Waals surface area (Å²) < 4.78 is 10.9. The molecule has 1 amide bonds. The lowest BCUT2D eigenvalue weighted by molar-refractivity contribution is -0.128. The van der Waals surface area contributed by atoms with Crippen LogP contribution < -0.4 is 5.32 Å². The quantitative estimate of drug-likeness (QED) is 0.641. The molecule has 0 aromatic carbocycles. The van der Waals surface area contributed by atoms with Crippen LogP contribution in [-0.2, 0) is 15.6 Å². The van der Waals surface area contributed by atoms with Crippen LogP contribution in [0.15, 0.2) is 0 Å². The zero-order chi connectivity index (χ0) is 11.8. The minimum atomic E-state index is -0.755. The van der Waals surface area contributed by atoms with E-state index in [1.807, 2.05) is 6.92 Å². The lowest BCUT2D eigenvalue weighted by atomic mass is 10.2. The first-order valence-corrected chi connectivity index (χ1v) is 6.89. The maximum absolute atomic E-state index is 11.2. The fourth-order valence-corrected chi connectivity index (χ4v) is 2.04. The molecule has 0 rings (SSSR count). The van der Waals surface area contributed by atoms with Gasteiger partial charge in [-0.05, 0) is 19.9 Å². The first kappa shape index (κ1) is 14.6. The van der Waals surface area contributed by atoms with Crippen LogP contribution in [0.2, 0.25) is 0 Å². The largest absolute Gasteiger partial charge is 0.349 e. The molecule has 0 spiro atoms. The summed E-state index contributed by atoms with van der Waals surface area (Å²) in [5.74, 6) is 0.824. The standard InChI is InChI=1S/C10H22N2O2S/c1-9(8-15(4)14)11-7-5-6-10(13)12(2)3/h9,11H,5-8H2,1-4H3. The van der Waals surface area contributed by atoms with Crippen LogP contribution in [0.3, 0.4) is 0 Å². The molecule has 1 N–H and O–H groups in total. The Morgan fingerprint density at radius 1 is 1.47 bits per heavy atom. The minimum absolute atomic E-state index is 0.156. The van der Waals surface area contributed by atoms with Crippen molar-refractivity contribution in [3.63, 3.8) is 0 Å². The zero-order valence-electron chi connectivity index (χ0n) is 10.1. The Morgan fingerprint density at radius 2 is 2.07 bits per heavy atom. The van der Waals surface area contributed by atoms with Crippen LogP contribution in [0, 0.1) is 0 Å². The SMILES string of the molecule is CC(CS(C)=O)NCCCC(=O)N(C)C. The molecular formula is C10H22N2O2S. The summed E-state index contributed by atoms with van der Waals surface area (Å²) in [4.78, 5) is 12.8. The monoisotopic (exact) mass is 234 g/mol. The first-order chi connectivity index (χ1) is 6.93. The number of carbonyl (C=O) groups is 1. The second kappa shape index (κ2) is 7.82. The second-order valence-electron chi connectivity index (χ2n) is 3.99. The Morgan fingerprint density at radius 3 is 2.53 bits per heavy atom. The van der Waals surface area contributed by atoms with E-state index in [2.05, 4.69) is 5.32 Å². The number of nitrogens with zero attached hydrogens (tertiary/aromatic N) is 1. The summed E-state index contributed by atoms with van der Waals surface area (Å²) in [6, 6.07) is 0.255. The summed E-state index contributed by atoms with van der Waals surface area (Å²) in [6.07, 6.45) is 3.10. The summed E-state index contributed by atoms with van der Waals surface area (Å²) in [6.45, 7) is 2.81. The molecule has 0 aromatic rings. The van der Waals surface area contributed by atoms with E-state index in [0.29, 0.717) is 12.2 Å². The molecule has 0 radical (unpaired) electrons. The summed E-state index contributed by atoms with van der Waals surface area (Å²) in [5, 5.41) is 3.24. The number of carbonyl (C=O) groups excluding carboxylic acids is 1. The van der Waals surface area contributed by atoms with E-state index in [4.69, 9.17) is 0 Å². The van der Waals surface area contributed by atoms with E-state index in [0.717, 1.165) is 13.0 Å². The number of rotatable bonds is 7. The van der Waals surface area contributed by atoms with Crippen LogP contribution >= 0.6 is 0 Å². The molecule has 0 aromatic heterocycles. The minimum Gasteiger partial charge on any atom is -0.349 e. The van der Waals surface area contributed by atoms with Crippen molar-refractivity contribution in [1.29, 1.82) is 0 Å². The number of amides is 1. The zero-order valence-corrected chi connectivity index (χ0v) is 10.9. The molecule has 5 heteroatoms. The van der Waals surface area contributed by atoms with Crippen LogP contribution in [-0.4, -0.2) is 53.7 Å². The van der Waals surface area contributed by atoms with E-state index >= 15 is 0 Å². The summed E-state index contributed by atoms with van der Waals surface area (Å²) >= 11 is 0. The highest BCUT2D eigenvalue weighted by Crippen LogP contribution is 1.93. The van der Waals surface area contributed by atoms with Crippen molar-refractivity contribution in [2.75, 3.05) is 32.6 Å². The van der Waals surface area contributed by atoms with Gasteiger partial charge < -0.3 is 10.2 Å². The molecule has 0 fully saturated rings. The Hall–Kier alpha value is -0.420. The molecule has 0 heterocycles. The third kappa shape index (κ3) is 8.57. The fourth-order valence-electron chi connectivity index (χ4n) is 1.22. The molecule has 2 atom stereocenters. The highest BCUT2D eigenvalue weighted by molar-refractivity contribution is 7.84. The van der Waals surface area contributed by atoms with Crippen molar-refractivity contribution in [1.82, 2.24) is 10.2 Å². The molecule has 0 aliphatic rings. The maximum atomic E-state index is 11.2. The molecule has 0 saturated carbocycles. The van der Waals surface area contributed by atoms with Crippen LogP contribution in [0.5, 0.6) is 0 Å². The molecule has 0 saturated heterocycles. The number of hydrogen-bond donors (Lipinski definition) is 1. The van der Waals surface area contributed by atoms with E-state index in [1.54, 1.807) is 25.3 Å². The van der Waals surface area contributed by atoms with Gasteiger partial charge in [-0.15, -0.1) is 0 Å². The van der Waals surface area contributed by atoms with Crippen molar-refractivity contribution in [2.24, 2.45) is 0 Å². The average molecular weight is 234 g/mol. The van der Waals surface area contributed by atoms with Crippen molar-refractivity contribution in [2.45, 2.75) is 25.8 Å². The first-order valence-electron chi connectivity index (χ1n) is 5.17. The molecule has 90 valence electrons. The van der Waals surface area contributed by atoms with Gasteiger partial charge in [0.05, 0.1) is 0 Å². The van der Waals surface area contributed by atoms with Gasteiger partial charge in [-0.3, -0.25) is 9.00 Å². The summed E-state index contributed by atoms with van der Waals surface area (Å²) in [5.41, 5.74) is 0. The second-order valence-corrected chi connectivity index (χ2v) is 5.47. The predicted molar refractivity (Wildman–Crippen MR) is 64.3 cm³/mol. The Balaban J connectivity index is 3.46. The van der Waals surface area contributed by atoms with Gasteiger partial charge in [-0.25, -0.2) is 0 Å². The lowest BCUT2D eigenvalue weighted by Gasteiger charge is -2.13. The van der Waals surface area contributed by atoms with Crippen molar-refractivity contribution in [3.05, 3.63) is 0 Å². The molecule has 4 nitrogen and oxygen atoms in total. The van der Waals surface area contributed by atoms with Crippen LogP contribution in [0.1, 0.15) is 19.8 Å². The third-order valence-corrected chi connectivity index (χ3v) is 3.01. The lowest BCUT2D eigenvalue weighted by Crippen LogP contribution is -2.32. The van der Waals surface area contributed by atoms with Gasteiger partial charge in [-0.1, -0.05) is 0 Å². The molecule has 2 unspecified atom stereocenters. The van der Waals surface area contributed by atoms with E-state index in [9.17, 15) is 9.00 Å². The third-order valence-electron chi connectivity index (χ3n) is 2.04. The highest BCUT2D eigenvalue weighted by atomic mass is 32.2. The molecule has 15 heavy (non-hydrogen) atoms. The topological polar surface area (TPSA) is 49.4 Å². The van der Waals surface area contributed by atoms with Gasteiger partial charge in [0.15, 0.2) is 0 Å². The number of nitrogens with one attached hydrogen (secondary N) is 1. The van der Waals surface area contributed by atoms with Crippen LogP contribution in [0.25, 0.3) is 0 Å².